The standard InChI is InChI=1S/C48H53N/c1-3-11-30(12-4-1)32-21-25-45-43(27-32)44-28-33(31-13-5-2-6-14-31)22-26-46(44)49(45)34-23-24-37-40-19-9-17-38-35-15-7-8-16-36(35)39-18-10-20-41(42(37)29-34)48(39)47(38)40/h1-6,11-14,21-22,25-28,34-42,47-48H,7-10,15-20,23-24,29H2. The predicted octanol–water partition coefficient (Wildman–Crippen LogP) is 13.0. The van der Waals surface area contributed by atoms with E-state index >= 15 is 0 Å². The Balaban J connectivity index is 1.01. The van der Waals surface area contributed by atoms with Crippen molar-refractivity contribution >= 4 is 21.8 Å². The van der Waals surface area contributed by atoms with E-state index in [-0.39, 0.29) is 0 Å². The highest BCUT2D eigenvalue weighted by molar-refractivity contribution is 6.10. The van der Waals surface area contributed by atoms with Crippen LogP contribution in [0.1, 0.15) is 89.5 Å². The van der Waals surface area contributed by atoms with E-state index in [2.05, 4.69) is 102 Å². The molecule has 11 rings (SSSR count). The third-order valence-corrected chi connectivity index (χ3v) is 16.0. The highest BCUT2D eigenvalue weighted by Gasteiger charge is 2.62. The van der Waals surface area contributed by atoms with Crippen LogP contribution >= 0.6 is 0 Å². The number of benzene rings is 4. The second-order valence-electron chi connectivity index (χ2n) is 17.6. The van der Waals surface area contributed by atoms with E-state index in [0.717, 1.165) is 59.2 Å². The first kappa shape index (κ1) is 29.4. The van der Waals surface area contributed by atoms with Crippen molar-refractivity contribution in [2.45, 2.75) is 89.5 Å². The van der Waals surface area contributed by atoms with Crippen molar-refractivity contribution in [3.05, 3.63) is 97.1 Å². The number of aromatic nitrogens is 1. The molecule has 0 bridgehead atoms. The Hall–Kier alpha value is -3.32. The highest BCUT2D eigenvalue weighted by atomic mass is 15.0. The van der Waals surface area contributed by atoms with E-state index in [1.165, 1.54) is 95.4 Å². The molecule has 0 radical (unpaired) electrons. The molecule has 4 aromatic carbocycles. The van der Waals surface area contributed by atoms with Gasteiger partial charge < -0.3 is 4.57 Å². The van der Waals surface area contributed by atoms with Gasteiger partial charge in [0.2, 0.25) is 0 Å². The minimum absolute atomic E-state index is 0.605. The minimum Gasteiger partial charge on any atom is -0.337 e. The van der Waals surface area contributed by atoms with Crippen molar-refractivity contribution in [1.82, 2.24) is 4.57 Å². The van der Waals surface area contributed by atoms with Crippen LogP contribution in [0.2, 0.25) is 0 Å². The maximum Gasteiger partial charge on any atom is 0.0494 e. The zero-order chi connectivity index (χ0) is 32.1. The second kappa shape index (κ2) is 11.6. The maximum absolute atomic E-state index is 2.86. The first-order valence-electron chi connectivity index (χ1n) is 20.5. The van der Waals surface area contributed by atoms with Gasteiger partial charge in [0.1, 0.15) is 0 Å². The van der Waals surface area contributed by atoms with Crippen LogP contribution in [-0.4, -0.2) is 4.57 Å². The number of fused-ring (bicyclic) bond motifs is 9. The van der Waals surface area contributed by atoms with E-state index in [4.69, 9.17) is 0 Å². The highest BCUT2D eigenvalue weighted by Crippen LogP contribution is 2.69. The first-order valence-corrected chi connectivity index (χ1v) is 20.5. The maximum atomic E-state index is 2.86. The van der Waals surface area contributed by atoms with Crippen LogP contribution < -0.4 is 0 Å². The summed E-state index contributed by atoms with van der Waals surface area (Å²) in [6.07, 6.45) is 19.7. The topological polar surface area (TPSA) is 4.93 Å². The lowest BCUT2D eigenvalue weighted by Gasteiger charge is -2.67. The molecular formula is C48H53N. The Morgan fingerprint density at radius 3 is 1.33 bits per heavy atom. The summed E-state index contributed by atoms with van der Waals surface area (Å²) in [5.41, 5.74) is 8.20. The summed E-state index contributed by atoms with van der Waals surface area (Å²) in [6.45, 7) is 0. The van der Waals surface area contributed by atoms with Crippen molar-refractivity contribution in [3.63, 3.8) is 0 Å². The van der Waals surface area contributed by atoms with Gasteiger partial charge in [0, 0.05) is 27.8 Å². The molecule has 6 fully saturated rings. The van der Waals surface area contributed by atoms with Gasteiger partial charge >= 0.3 is 0 Å². The summed E-state index contributed by atoms with van der Waals surface area (Å²) in [4.78, 5) is 0. The normalized spacial score (nSPS) is 36.5. The SMILES string of the molecule is c1ccc(-c2ccc3c(c2)c2cc(-c4ccccc4)ccc2n3C2CCC3C(C2)C2CCCC4C5CCCCC5C5CCCC3C5C42)cc1. The molecule has 6 aliphatic rings. The second-order valence-corrected chi connectivity index (χ2v) is 17.6. The van der Waals surface area contributed by atoms with Gasteiger partial charge in [-0.25, -0.2) is 0 Å². The zero-order valence-corrected chi connectivity index (χ0v) is 29.2. The zero-order valence-electron chi connectivity index (χ0n) is 29.2. The number of rotatable bonds is 3. The average Bonchev–Trinajstić information content (AvgIpc) is 3.51. The molecule has 0 aliphatic heterocycles. The minimum atomic E-state index is 0.605. The van der Waals surface area contributed by atoms with Gasteiger partial charge in [-0.1, -0.05) is 98.5 Å². The molecule has 11 atom stereocenters. The molecule has 0 amide bonds. The van der Waals surface area contributed by atoms with Crippen molar-refractivity contribution in [2.24, 2.45) is 59.2 Å². The van der Waals surface area contributed by atoms with Crippen LogP contribution in [-0.2, 0) is 0 Å². The van der Waals surface area contributed by atoms with Crippen LogP contribution in [0.3, 0.4) is 0 Å². The Kier molecular flexibility index (Phi) is 6.97. The molecule has 0 N–H and O–H groups in total. The van der Waals surface area contributed by atoms with Gasteiger partial charge in [0.25, 0.3) is 0 Å². The van der Waals surface area contributed by atoms with Crippen molar-refractivity contribution in [3.8, 4) is 22.3 Å². The Morgan fingerprint density at radius 1 is 0.367 bits per heavy atom. The summed E-state index contributed by atoms with van der Waals surface area (Å²) in [5, 5.41) is 2.87. The van der Waals surface area contributed by atoms with Crippen LogP contribution in [0.5, 0.6) is 0 Å². The van der Waals surface area contributed by atoms with E-state index in [9.17, 15) is 0 Å². The van der Waals surface area contributed by atoms with Gasteiger partial charge in [-0.05, 0) is 163 Å². The summed E-state index contributed by atoms with van der Waals surface area (Å²) >= 11 is 0. The van der Waals surface area contributed by atoms with E-state index in [1.54, 1.807) is 32.1 Å². The van der Waals surface area contributed by atoms with E-state index < -0.39 is 0 Å². The largest absolute Gasteiger partial charge is 0.337 e. The summed E-state index contributed by atoms with van der Waals surface area (Å²) < 4.78 is 2.86. The van der Waals surface area contributed by atoms with Crippen LogP contribution in [0.4, 0.5) is 0 Å². The monoisotopic (exact) mass is 643 g/mol. The van der Waals surface area contributed by atoms with E-state index in [0.29, 0.717) is 6.04 Å². The molecule has 49 heavy (non-hydrogen) atoms. The van der Waals surface area contributed by atoms with Crippen LogP contribution in [0, 0.1) is 59.2 Å². The fraction of sp³-hybridized carbons (Fsp3) is 0.500. The molecule has 5 aromatic rings. The van der Waals surface area contributed by atoms with Crippen molar-refractivity contribution in [1.29, 1.82) is 0 Å². The fourth-order valence-corrected chi connectivity index (χ4v) is 14.5. The molecule has 0 saturated heterocycles. The quantitative estimate of drug-likeness (QED) is 0.184. The molecule has 6 saturated carbocycles. The van der Waals surface area contributed by atoms with Gasteiger partial charge in [-0.2, -0.15) is 0 Å². The molecule has 1 aromatic heterocycles. The average molecular weight is 644 g/mol. The molecule has 250 valence electrons. The number of hydrogen-bond donors (Lipinski definition) is 0. The number of hydrogen-bond acceptors (Lipinski definition) is 0. The number of nitrogens with zero attached hydrogens (tertiary/aromatic N) is 1. The molecular weight excluding hydrogens is 591 g/mol. The van der Waals surface area contributed by atoms with Crippen LogP contribution in [0.15, 0.2) is 97.1 Å². The molecule has 11 unspecified atom stereocenters. The Labute approximate surface area is 293 Å². The lowest BCUT2D eigenvalue weighted by Crippen LogP contribution is -2.61. The van der Waals surface area contributed by atoms with Gasteiger partial charge in [0.15, 0.2) is 0 Å². The lowest BCUT2D eigenvalue weighted by molar-refractivity contribution is -0.189. The first-order chi connectivity index (χ1) is 24.3. The van der Waals surface area contributed by atoms with Gasteiger partial charge in [0.05, 0.1) is 0 Å². The Morgan fingerprint density at radius 2 is 0.816 bits per heavy atom. The summed E-state index contributed by atoms with van der Waals surface area (Å²) in [5.74, 6) is 10.4. The van der Waals surface area contributed by atoms with E-state index in [1.807, 2.05) is 0 Å². The third kappa shape index (κ3) is 4.49. The summed E-state index contributed by atoms with van der Waals surface area (Å²) in [6, 6.07) is 37.4. The van der Waals surface area contributed by atoms with Gasteiger partial charge in [-0.15, -0.1) is 0 Å². The fourth-order valence-electron chi connectivity index (χ4n) is 14.5. The summed E-state index contributed by atoms with van der Waals surface area (Å²) in [7, 11) is 0. The predicted molar refractivity (Wildman–Crippen MR) is 204 cm³/mol. The molecule has 1 nitrogen and oxygen atoms in total. The third-order valence-electron chi connectivity index (χ3n) is 16.0. The molecule has 0 spiro atoms. The van der Waals surface area contributed by atoms with Crippen LogP contribution in [0.25, 0.3) is 44.1 Å². The molecule has 1 heterocycles. The lowest BCUT2D eigenvalue weighted by atomic mass is 9.38. The van der Waals surface area contributed by atoms with Crippen molar-refractivity contribution < 1.29 is 0 Å². The molecule has 6 aliphatic carbocycles. The Bertz CT molecular complexity index is 1890. The van der Waals surface area contributed by atoms with Crippen molar-refractivity contribution in [2.75, 3.05) is 0 Å². The van der Waals surface area contributed by atoms with Gasteiger partial charge in [-0.3, -0.25) is 0 Å². The molecule has 1 heteroatoms. The smallest absolute Gasteiger partial charge is 0.0494 e.